The molecule has 0 aromatic carbocycles. The number of hydrogen-bond acceptors (Lipinski definition) is 1. The smallest absolute Gasteiger partial charge is 0.0622 e. The lowest BCUT2D eigenvalue weighted by Gasteiger charge is -2.31. The zero-order valence-corrected chi connectivity index (χ0v) is 6.93. The predicted molar refractivity (Wildman–Crippen MR) is 42.6 cm³/mol. The van der Waals surface area contributed by atoms with Crippen molar-refractivity contribution in [2.24, 2.45) is 5.92 Å². The van der Waals surface area contributed by atoms with Crippen molar-refractivity contribution >= 4 is 0 Å². The van der Waals surface area contributed by atoms with Crippen LogP contribution in [-0.4, -0.2) is 10.7 Å². The Kier molecular flexibility index (Phi) is 2.35. The monoisotopic (exact) mass is 141 g/mol. The summed E-state index contributed by atoms with van der Waals surface area (Å²) in [6.45, 7) is 3.80. The van der Waals surface area contributed by atoms with Gasteiger partial charge in [-0.1, -0.05) is 12.8 Å². The first-order valence-electron chi connectivity index (χ1n) is 4.16. The Morgan fingerprint density at radius 2 is 2.10 bits per heavy atom. The maximum atomic E-state index is 9.61. The van der Waals surface area contributed by atoms with Crippen LogP contribution >= 0.6 is 0 Å². The van der Waals surface area contributed by atoms with Crippen LogP contribution in [-0.2, 0) is 0 Å². The number of aliphatic hydroxyl groups is 1. The van der Waals surface area contributed by atoms with Gasteiger partial charge in [0, 0.05) is 0 Å². The fourth-order valence-corrected chi connectivity index (χ4v) is 1.59. The van der Waals surface area contributed by atoms with Crippen molar-refractivity contribution in [3.63, 3.8) is 0 Å². The van der Waals surface area contributed by atoms with Crippen LogP contribution in [0.25, 0.3) is 0 Å². The van der Waals surface area contributed by atoms with Crippen LogP contribution in [0, 0.1) is 12.3 Å². The van der Waals surface area contributed by atoms with Gasteiger partial charge < -0.3 is 5.11 Å². The highest BCUT2D eigenvalue weighted by Gasteiger charge is 2.27. The zero-order chi connectivity index (χ0) is 7.61. The third kappa shape index (κ3) is 1.98. The molecule has 1 atom stereocenters. The highest BCUT2D eigenvalue weighted by molar-refractivity contribution is 4.90. The molecule has 0 heterocycles. The van der Waals surface area contributed by atoms with E-state index in [1.165, 1.54) is 25.7 Å². The van der Waals surface area contributed by atoms with Crippen molar-refractivity contribution in [3.05, 3.63) is 6.42 Å². The van der Waals surface area contributed by atoms with E-state index in [0.717, 1.165) is 0 Å². The molecule has 1 radical (unpaired) electrons. The van der Waals surface area contributed by atoms with Crippen molar-refractivity contribution < 1.29 is 5.11 Å². The molecular formula is C9H17O. The molecule has 0 saturated heterocycles. The fraction of sp³-hybridized carbons (Fsp3) is 0.889. The summed E-state index contributed by atoms with van der Waals surface area (Å²) in [5.41, 5.74) is -0.486. The van der Waals surface area contributed by atoms with Crippen molar-refractivity contribution in [3.8, 4) is 0 Å². The Bertz CT molecular complexity index is 95.8. The van der Waals surface area contributed by atoms with Gasteiger partial charge in [-0.05, 0) is 39.0 Å². The van der Waals surface area contributed by atoms with Gasteiger partial charge in [-0.15, -0.1) is 0 Å². The molecule has 1 unspecified atom stereocenters. The summed E-state index contributed by atoms with van der Waals surface area (Å²) in [5.74, 6) is 0.432. The molecule has 1 aliphatic rings. The van der Waals surface area contributed by atoms with Gasteiger partial charge in [0.05, 0.1) is 5.60 Å². The minimum absolute atomic E-state index is 0.432. The van der Waals surface area contributed by atoms with Crippen LogP contribution < -0.4 is 0 Å². The molecule has 0 aromatic rings. The minimum atomic E-state index is -0.486. The summed E-state index contributed by atoms with van der Waals surface area (Å²) in [6.07, 6.45) is 7.22. The van der Waals surface area contributed by atoms with Gasteiger partial charge in [-0.25, -0.2) is 0 Å². The quantitative estimate of drug-likeness (QED) is 0.593. The summed E-state index contributed by atoms with van der Waals surface area (Å²) in [4.78, 5) is 0. The second-order valence-electron chi connectivity index (χ2n) is 3.78. The summed E-state index contributed by atoms with van der Waals surface area (Å²) in [6, 6.07) is 0. The average molecular weight is 141 g/mol. The Morgan fingerprint density at radius 3 is 2.40 bits per heavy atom. The van der Waals surface area contributed by atoms with Gasteiger partial charge in [0.25, 0.3) is 0 Å². The highest BCUT2D eigenvalue weighted by atomic mass is 16.3. The van der Waals surface area contributed by atoms with Crippen LogP contribution in [0.3, 0.4) is 0 Å². The maximum Gasteiger partial charge on any atom is 0.0622 e. The molecule has 0 spiro atoms. The van der Waals surface area contributed by atoms with E-state index >= 15 is 0 Å². The maximum absolute atomic E-state index is 9.61. The second kappa shape index (κ2) is 2.91. The molecular weight excluding hydrogens is 124 g/mol. The Hall–Kier alpha value is -0.0400. The van der Waals surface area contributed by atoms with Crippen LogP contribution in [0.15, 0.2) is 0 Å². The summed E-state index contributed by atoms with van der Waals surface area (Å²) < 4.78 is 0. The topological polar surface area (TPSA) is 20.2 Å². The minimum Gasteiger partial charge on any atom is -0.390 e. The molecule has 59 valence electrons. The van der Waals surface area contributed by atoms with E-state index in [2.05, 4.69) is 6.42 Å². The van der Waals surface area contributed by atoms with Crippen LogP contribution in [0.1, 0.15) is 39.5 Å². The molecule has 1 nitrogen and oxygen atoms in total. The lowest BCUT2D eigenvalue weighted by molar-refractivity contribution is 0.0204. The van der Waals surface area contributed by atoms with E-state index < -0.39 is 5.60 Å². The van der Waals surface area contributed by atoms with Crippen molar-refractivity contribution in [2.75, 3.05) is 0 Å². The third-order valence-electron chi connectivity index (χ3n) is 2.33. The van der Waals surface area contributed by atoms with E-state index in [-0.39, 0.29) is 0 Å². The molecule has 1 rings (SSSR count). The second-order valence-corrected chi connectivity index (χ2v) is 3.78. The van der Waals surface area contributed by atoms with E-state index in [9.17, 15) is 5.11 Å². The molecule has 1 N–H and O–H groups in total. The van der Waals surface area contributed by atoms with Crippen molar-refractivity contribution in [1.82, 2.24) is 0 Å². The first kappa shape index (κ1) is 8.06. The molecule has 0 aromatic heterocycles. The first-order chi connectivity index (χ1) is 4.61. The van der Waals surface area contributed by atoms with Gasteiger partial charge in [0.15, 0.2) is 0 Å². The van der Waals surface area contributed by atoms with E-state index in [4.69, 9.17) is 0 Å². The Labute approximate surface area is 63.4 Å². The van der Waals surface area contributed by atoms with Crippen molar-refractivity contribution in [1.29, 1.82) is 0 Å². The normalized spacial score (nSPS) is 23.1. The lowest BCUT2D eigenvalue weighted by Crippen LogP contribution is -2.32. The SMILES string of the molecule is CC(C)(O)C1[CH]CCCC1. The number of rotatable bonds is 1. The highest BCUT2D eigenvalue weighted by Crippen LogP contribution is 2.30. The Balaban J connectivity index is 2.39. The first-order valence-corrected chi connectivity index (χ1v) is 4.16. The molecule has 10 heavy (non-hydrogen) atoms. The van der Waals surface area contributed by atoms with Gasteiger partial charge in [-0.2, -0.15) is 0 Å². The van der Waals surface area contributed by atoms with E-state index in [0.29, 0.717) is 5.92 Å². The lowest BCUT2D eigenvalue weighted by atomic mass is 9.79. The van der Waals surface area contributed by atoms with Crippen LogP contribution in [0.4, 0.5) is 0 Å². The van der Waals surface area contributed by atoms with Gasteiger partial charge >= 0.3 is 0 Å². The molecule has 1 saturated carbocycles. The van der Waals surface area contributed by atoms with Crippen molar-refractivity contribution in [2.45, 2.75) is 45.1 Å². The third-order valence-corrected chi connectivity index (χ3v) is 2.33. The Morgan fingerprint density at radius 1 is 1.40 bits per heavy atom. The predicted octanol–water partition coefficient (Wildman–Crippen LogP) is 2.15. The molecule has 1 fully saturated rings. The molecule has 1 heteroatoms. The van der Waals surface area contributed by atoms with Gasteiger partial charge in [0.1, 0.15) is 0 Å². The molecule has 0 aliphatic heterocycles. The number of hydrogen-bond donors (Lipinski definition) is 1. The molecule has 1 aliphatic carbocycles. The summed E-state index contributed by atoms with van der Waals surface area (Å²) >= 11 is 0. The van der Waals surface area contributed by atoms with Gasteiger partial charge in [-0.3, -0.25) is 0 Å². The molecule has 0 amide bonds. The van der Waals surface area contributed by atoms with E-state index in [1.807, 2.05) is 13.8 Å². The van der Waals surface area contributed by atoms with Crippen LogP contribution in [0.5, 0.6) is 0 Å². The van der Waals surface area contributed by atoms with E-state index in [1.54, 1.807) is 0 Å². The average Bonchev–Trinajstić information content (AvgIpc) is 1.88. The fourth-order valence-electron chi connectivity index (χ4n) is 1.59. The standard InChI is InChI=1S/C9H17O/c1-9(2,10)8-6-4-3-5-7-8/h6,8,10H,3-5,7H2,1-2H3. The summed E-state index contributed by atoms with van der Waals surface area (Å²) in [5, 5.41) is 9.61. The largest absolute Gasteiger partial charge is 0.390 e. The molecule has 0 bridgehead atoms. The zero-order valence-electron chi connectivity index (χ0n) is 6.93. The summed E-state index contributed by atoms with van der Waals surface area (Å²) in [7, 11) is 0. The van der Waals surface area contributed by atoms with Crippen LogP contribution in [0.2, 0.25) is 0 Å². The van der Waals surface area contributed by atoms with Gasteiger partial charge in [0.2, 0.25) is 0 Å².